The Morgan fingerprint density at radius 1 is 1.06 bits per heavy atom. The summed E-state index contributed by atoms with van der Waals surface area (Å²) in [7, 11) is 1.58. The van der Waals surface area contributed by atoms with Crippen LogP contribution in [-0.4, -0.2) is 29.5 Å². The molecular weight excluding hydrogens is 459 g/mol. The lowest BCUT2D eigenvalue weighted by molar-refractivity contribution is -0.140. The van der Waals surface area contributed by atoms with Gasteiger partial charge in [0.15, 0.2) is 11.5 Å². The molecular formula is C29H27FN2O4. The second-order valence-electron chi connectivity index (χ2n) is 8.11. The van der Waals surface area contributed by atoms with Crippen LogP contribution in [0, 0.1) is 5.82 Å². The lowest BCUT2D eigenvalue weighted by atomic mass is 10.1. The van der Waals surface area contributed by atoms with E-state index >= 15 is 0 Å². The molecule has 0 aliphatic rings. The molecule has 7 heteroatoms. The Hall–Kier alpha value is -4.39. The Morgan fingerprint density at radius 2 is 1.81 bits per heavy atom. The standard InChI is InChI=1S/C29H27FN2O4/c1-20-26(27(15-16-35-21(2)33)31-32(20)25-7-5-4-6-8-25)17-23-11-14-28(34-3)29(18-23)36-19-22-9-12-24(30)13-10-22/h4-14,17-18H,1,15-16,19H2,2-3H3/b26-17+. The zero-order valence-corrected chi connectivity index (χ0v) is 20.2. The van der Waals surface area contributed by atoms with Gasteiger partial charge in [0.05, 0.1) is 30.4 Å². The highest BCUT2D eigenvalue weighted by atomic mass is 19.1. The molecule has 3 aromatic carbocycles. The highest BCUT2D eigenvalue weighted by molar-refractivity contribution is 5.65. The van der Waals surface area contributed by atoms with Crippen LogP contribution >= 0.6 is 0 Å². The van der Waals surface area contributed by atoms with E-state index in [0.717, 1.165) is 27.7 Å². The first-order valence-electron chi connectivity index (χ1n) is 11.5. The molecule has 6 nitrogen and oxygen atoms in total. The van der Waals surface area contributed by atoms with E-state index in [1.807, 2.05) is 54.6 Å². The van der Waals surface area contributed by atoms with Crippen molar-refractivity contribution in [2.75, 3.05) is 13.7 Å². The van der Waals surface area contributed by atoms with Crippen LogP contribution in [0.3, 0.4) is 0 Å². The molecule has 1 heterocycles. The summed E-state index contributed by atoms with van der Waals surface area (Å²) < 4.78 is 31.6. The van der Waals surface area contributed by atoms with E-state index in [1.165, 1.54) is 19.1 Å². The Kier molecular flexibility index (Phi) is 7.80. The maximum Gasteiger partial charge on any atom is 0.302 e. The molecule has 4 aromatic rings. The third-order valence-electron chi connectivity index (χ3n) is 5.55. The minimum absolute atomic E-state index is 0.218. The van der Waals surface area contributed by atoms with Gasteiger partial charge in [-0.1, -0.05) is 43.0 Å². The van der Waals surface area contributed by atoms with E-state index in [4.69, 9.17) is 19.3 Å². The summed E-state index contributed by atoms with van der Waals surface area (Å²) >= 11 is 0. The summed E-state index contributed by atoms with van der Waals surface area (Å²) in [5.74, 6) is 0.505. The SMILES string of the molecule is C=c1/c(=C\c2ccc(OC)c(OCc3ccc(F)cc3)c2)c(CCOC(C)=O)nn1-c1ccccc1. The van der Waals surface area contributed by atoms with Crippen molar-refractivity contribution in [3.63, 3.8) is 0 Å². The molecule has 4 rings (SSSR count). The van der Waals surface area contributed by atoms with Crippen LogP contribution in [0.1, 0.15) is 23.7 Å². The Labute approximate surface area is 208 Å². The minimum atomic E-state index is -0.337. The molecule has 0 amide bonds. The van der Waals surface area contributed by atoms with E-state index in [0.29, 0.717) is 23.3 Å². The Morgan fingerprint density at radius 3 is 2.50 bits per heavy atom. The molecule has 0 saturated heterocycles. The van der Waals surface area contributed by atoms with Gasteiger partial charge in [0.2, 0.25) is 0 Å². The van der Waals surface area contributed by atoms with Crippen LogP contribution < -0.4 is 20.0 Å². The number of hydrogen-bond donors (Lipinski definition) is 0. The molecule has 0 bridgehead atoms. The minimum Gasteiger partial charge on any atom is -0.493 e. The largest absolute Gasteiger partial charge is 0.493 e. The molecule has 0 spiro atoms. The van der Waals surface area contributed by atoms with Gasteiger partial charge in [-0.2, -0.15) is 5.10 Å². The first kappa shape index (κ1) is 24.7. The smallest absolute Gasteiger partial charge is 0.302 e. The second-order valence-corrected chi connectivity index (χ2v) is 8.11. The van der Waals surface area contributed by atoms with Crippen LogP contribution in [0.15, 0.2) is 72.8 Å². The number of benzene rings is 3. The molecule has 0 atom stereocenters. The number of hydrogen-bond acceptors (Lipinski definition) is 5. The fourth-order valence-electron chi connectivity index (χ4n) is 3.75. The van der Waals surface area contributed by atoms with Crippen molar-refractivity contribution in [2.45, 2.75) is 20.0 Å². The van der Waals surface area contributed by atoms with E-state index in [9.17, 15) is 9.18 Å². The van der Waals surface area contributed by atoms with E-state index in [-0.39, 0.29) is 25.0 Å². The summed E-state index contributed by atoms with van der Waals surface area (Å²) in [5.41, 5.74) is 3.34. The molecule has 36 heavy (non-hydrogen) atoms. The van der Waals surface area contributed by atoms with Crippen molar-refractivity contribution < 1.29 is 23.4 Å². The number of ether oxygens (including phenoxy) is 3. The maximum absolute atomic E-state index is 13.2. The average molecular weight is 487 g/mol. The molecule has 0 radical (unpaired) electrons. The number of methoxy groups -OCH3 is 1. The van der Waals surface area contributed by atoms with Gasteiger partial charge in [0.1, 0.15) is 12.4 Å². The Balaban J connectivity index is 1.70. The summed E-state index contributed by atoms with van der Waals surface area (Å²) in [6.07, 6.45) is 2.42. The van der Waals surface area contributed by atoms with Crippen molar-refractivity contribution in [3.05, 3.63) is 106 Å². The molecule has 1 aromatic heterocycles. The van der Waals surface area contributed by atoms with Crippen molar-refractivity contribution in [2.24, 2.45) is 0 Å². The number of halogens is 1. The summed E-state index contributed by atoms with van der Waals surface area (Å²) in [4.78, 5) is 11.3. The predicted molar refractivity (Wildman–Crippen MR) is 136 cm³/mol. The highest BCUT2D eigenvalue weighted by Crippen LogP contribution is 2.29. The second kappa shape index (κ2) is 11.4. The lowest BCUT2D eigenvalue weighted by Crippen LogP contribution is -2.28. The predicted octanol–water partition coefficient (Wildman–Crippen LogP) is 3.94. The van der Waals surface area contributed by atoms with Gasteiger partial charge < -0.3 is 14.2 Å². The lowest BCUT2D eigenvalue weighted by Gasteiger charge is -2.11. The van der Waals surface area contributed by atoms with Crippen LogP contribution in [0.4, 0.5) is 4.39 Å². The normalized spacial score (nSPS) is 11.4. The summed E-state index contributed by atoms with van der Waals surface area (Å²) in [6.45, 7) is 6.14. The highest BCUT2D eigenvalue weighted by Gasteiger charge is 2.11. The molecule has 0 unspecified atom stereocenters. The number of rotatable bonds is 9. The van der Waals surface area contributed by atoms with Crippen LogP contribution in [0.2, 0.25) is 0 Å². The molecule has 0 N–H and O–H groups in total. The van der Waals surface area contributed by atoms with Gasteiger partial charge in [-0.25, -0.2) is 9.07 Å². The van der Waals surface area contributed by atoms with Crippen molar-refractivity contribution >= 4 is 18.6 Å². The zero-order valence-electron chi connectivity index (χ0n) is 20.2. The fraction of sp³-hybridized carbons (Fsp3) is 0.172. The monoisotopic (exact) mass is 486 g/mol. The molecule has 0 aliphatic heterocycles. The fourth-order valence-corrected chi connectivity index (χ4v) is 3.75. The van der Waals surface area contributed by atoms with Crippen LogP contribution in [0.25, 0.3) is 18.3 Å². The third-order valence-corrected chi connectivity index (χ3v) is 5.55. The molecule has 0 aliphatic carbocycles. The first-order valence-corrected chi connectivity index (χ1v) is 11.5. The van der Waals surface area contributed by atoms with Gasteiger partial charge >= 0.3 is 5.97 Å². The van der Waals surface area contributed by atoms with Crippen molar-refractivity contribution in [3.8, 4) is 17.2 Å². The average Bonchev–Trinajstić information content (AvgIpc) is 3.19. The molecule has 0 fully saturated rings. The summed E-state index contributed by atoms with van der Waals surface area (Å²) in [5, 5.41) is 6.30. The number of nitrogens with zero attached hydrogens (tertiary/aromatic N) is 2. The number of carbonyl (C=O) groups excluding carboxylic acids is 1. The third kappa shape index (κ3) is 5.99. The van der Waals surface area contributed by atoms with Gasteiger partial charge in [0.25, 0.3) is 0 Å². The van der Waals surface area contributed by atoms with Gasteiger partial charge in [-0.05, 0) is 53.6 Å². The topological polar surface area (TPSA) is 62.6 Å². The first-order chi connectivity index (χ1) is 17.4. The molecule has 0 saturated carbocycles. The van der Waals surface area contributed by atoms with Crippen molar-refractivity contribution in [1.29, 1.82) is 0 Å². The number of para-hydroxylation sites is 1. The van der Waals surface area contributed by atoms with E-state index in [1.54, 1.807) is 23.9 Å². The van der Waals surface area contributed by atoms with Gasteiger partial charge in [0, 0.05) is 18.6 Å². The molecule has 184 valence electrons. The van der Waals surface area contributed by atoms with Crippen molar-refractivity contribution in [1.82, 2.24) is 9.78 Å². The van der Waals surface area contributed by atoms with Gasteiger partial charge in [-0.3, -0.25) is 4.79 Å². The van der Waals surface area contributed by atoms with E-state index in [2.05, 4.69) is 6.58 Å². The number of esters is 1. The van der Waals surface area contributed by atoms with Crippen LogP contribution in [-0.2, 0) is 22.6 Å². The number of carbonyl (C=O) groups is 1. The van der Waals surface area contributed by atoms with Gasteiger partial charge in [-0.15, -0.1) is 0 Å². The quantitative estimate of drug-likeness (QED) is 0.336. The summed E-state index contributed by atoms with van der Waals surface area (Å²) in [6, 6.07) is 21.5. The maximum atomic E-state index is 13.2. The zero-order chi connectivity index (χ0) is 25.5. The number of aromatic nitrogens is 2. The Bertz CT molecular complexity index is 1450. The van der Waals surface area contributed by atoms with E-state index < -0.39 is 0 Å². The van der Waals surface area contributed by atoms with Crippen LogP contribution in [0.5, 0.6) is 11.5 Å².